The first-order valence-corrected chi connectivity index (χ1v) is 3.17. The molecule has 0 radical (unpaired) electrons. The third kappa shape index (κ3) is 1.91. The molecule has 8 nitrogen and oxygen atoms in total. The lowest BCUT2D eigenvalue weighted by Crippen LogP contribution is -2.04. The first kappa shape index (κ1) is 8.44. The van der Waals surface area contributed by atoms with Gasteiger partial charge in [-0.2, -0.15) is 4.80 Å². The van der Waals surface area contributed by atoms with E-state index in [0.29, 0.717) is 0 Å². The molecule has 0 fully saturated rings. The summed E-state index contributed by atoms with van der Waals surface area (Å²) in [6, 6.07) is 0. The minimum absolute atomic E-state index is 0.0812. The van der Waals surface area contributed by atoms with E-state index in [1.165, 1.54) is 4.80 Å². The molecule has 1 N–H and O–H groups in total. The Morgan fingerprint density at radius 2 is 2.58 bits per heavy atom. The lowest BCUT2D eigenvalue weighted by atomic mass is 10.3. The van der Waals surface area contributed by atoms with E-state index in [1.54, 1.807) is 7.05 Å². The fourth-order valence-corrected chi connectivity index (χ4v) is 0.628. The number of aromatic nitrogens is 4. The highest BCUT2D eigenvalue weighted by molar-refractivity contribution is 4.84. The van der Waals surface area contributed by atoms with Crippen LogP contribution in [-0.2, 0) is 7.05 Å². The SMILES string of the molecule is Cn1nnc([C@@H](O)CN=[N+]=[N-])n1. The summed E-state index contributed by atoms with van der Waals surface area (Å²) in [4.78, 5) is 3.71. The maximum Gasteiger partial charge on any atom is 0.203 e. The average Bonchev–Trinajstić information content (AvgIpc) is 2.47. The third-order valence-corrected chi connectivity index (χ3v) is 1.14. The second kappa shape index (κ2) is 3.65. The summed E-state index contributed by atoms with van der Waals surface area (Å²) in [6.07, 6.45) is -0.977. The Kier molecular flexibility index (Phi) is 2.57. The summed E-state index contributed by atoms with van der Waals surface area (Å²) in [5.74, 6) is 0.157. The van der Waals surface area contributed by atoms with Crippen LogP contribution in [0.5, 0.6) is 0 Å². The van der Waals surface area contributed by atoms with E-state index in [9.17, 15) is 5.11 Å². The van der Waals surface area contributed by atoms with E-state index in [4.69, 9.17) is 5.53 Å². The molecule has 0 aliphatic rings. The molecule has 1 heterocycles. The van der Waals surface area contributed by atoms with Crippen molar-refractivity contribution in [2.45, 2.75) is 6.10 Å². The fraction of sp³-hybridized carbons (Fsp3) is 0.750. The van der Waals surface area contributed by atoms with Crippen LogP contribution in [-0.4, -0.2) is 31.9 Å². The number of nitrogens with zero attached hydrogens (tertiary/aromatic N) is 7. The van der Waals surface area contributed by atoms with Crippen LogP contribution in [0, 0.1) is 0 Å². The first-order chi connectivity index (χ1) is 5.74. The molecule has 0 aliphatic heterocycles. The molecule has 1 rings (SSSR count). The zero-order valence-corrected chi connectivity index (χ0v) is 6.36. The third-order valence-electron chi connectivity index (χ3n) is 1.14. The van der Waals surface area contributed by atoms with Gasteiger partial charge in [-0.1, -0.05) is 5.11 Å². The average molecular weight is 169 g/mol. The molecule has 0 aliphatic carbocycles. The zero-order chi connectivity index (χ0) is 8.97. The van der Waals surface area contributed by atoms with Gasteiger partial charge in [0.05, 0.1) is 13.6 Å². The Morgan fingerprint density at radius 3 is 3.08 bits per heavy atom. The molecule has 1 aromatic heterocycles. The molecule has 8 heteroatoms. The van der Waals surface area contributed by atoms with Gasteiger partial charge in [0.1, 0.15) is 6.10 Å². The fourth-order valence-electron chi connectivity index (χ4n) is 0.628. The minimum atomic E-state index is -0.977. The number of aliphatic hydroxyl groups excluding tert-OH is 1. The highest BCUT2D eigenvalue weighted by Crippen LogP contribution is 2.04. The van der Waals surface area contributed by atoms with E-state index >= 15 is 0 Å². The molecule has 64 valence electrons. The zero-order valence-electron chi connectivity index (χ0n) is 6.36. The van der Waals surface area contributed by atoms with Crippen molar-refractivity contribution in [2.24, 2.45) is 12.2 Å². The summed E-state index contributed by atoms with van der Waals surface area (Å²) in [5.41, 5.74) is 7.95. The lowest BCUT2D eigenvalue weighted by Gasteiger charge is -1.97. The van der Waals surface area contributed by atoms with E-state index in [1.807, 2.05) is 0 Å². The largest absolute Gasteiger partial charge is 0.385 e. The molecule has 0 bridgehead atoms. The Balaban J connectivity index is 2.64. The quantitative estimate of drug-likeness (QED) is 0.375. The van der Waals surface area contributed by atoms with Crippen LogP contribution in [0.3, 0.4) is 0 Å². The number of aliphatic hydroxyl groups is 1. The maximum absolute atomic E-state index is 9.22. The predicted molar refractivity (Wildman–Crippen MR) is 37.8 cm³/mol. The molecule has 0 saturated carbocycles. The van der Waals surface area contributed by atoms with Gasteiger partial charge < -0.3 is 5.11 Å². The molecule has 0 saturated heterocycles. The summed E-state index contributed by atoms with van der Waals surface area (Å²) in [7, 11) is 1.58. The van der Waals surface area contributed by atoms with E-state index < -0.39 is 6.10 Å². The summed E-state index contributed by atoms with van der Waals surface area (Å²) in [6.45, 7) is -0.0812. The Labute approximate surface area is 67.4 Å². The highest BCUT2D eigenvalue weighted by atomic mass is 16.3. The van der Waals surface area contributed by atoms with Gasteiger partial charge in [0.15, 0.2) is 0 Å². The van der Waals surface area contributed by atoms with E-state index in [2.05, 4.69) is 25.4 Å². The van der Waals surface area contributed by atoms with Gasteiger partial charge in [-0.3, -0.25) is 0 Å². The Bertz CT molecular complexity index is 300. The molecule has 1 atom stereocenters. The number of aryl methyl sites for hydroxylation is 1. The van der Waals surface area contributed by atoms with Gasteiger partial charge in [-0.25, -0.2) is 0 Å². The van der Waals surface area contributed by atoms with Crippen LogP contribution >= 0.6 is 0 Å². The number of rotatable bonds is 3. The Morgan fingerprint density at radius 1 is 1.83 bits per heavy atom. The van der Waals surface area contributed by atoms with Gasteiger partial charge in [0, 0.05) is 4.91 Å². The van der Waals surface area contributed by atoms with Crippen LogP contribution in [0.25, 0.3) is 10.4 Å². The monoisotopic (exact) mass is 169 g/mol. The molecule has 12 heavy (non-hydrogen) atoms. The first-order valence-electron chi connectivity index (χ1n) is 3.17. The molecular weight excluding hydrogens is 162 g/mol. The van der Waals surface area contributed by atoms with Gasteiger partial charge in [0.2, 0.25) is 5.82 Å². The summed E-state index contributed by atoms with van der Waals surface area (Å²) >= 11 is 0. The maximum atomic E-state index is 9.22. The van der Waals surface area contributed by atoms with Crippen molar-refractivity contribution in [3.63, 3.8) is 0 Å². The summed E-state index contributed by atoms with van der Waals surface area (Å²) in [5, 5.41) is 23.2. The van der Waals surface area contributed by atoms with Crippen molar-refractivity contribution >= 4 is 0 Å². The number of hydrogen-bond acceptors (Lipinski definition) is 5. The molecule has 0 unspecified atom stereocenters. The number of tetrazole rings is 1. The topological polar surface area (TPSA) is 113 Å². The Hall–Kier alpha value is -1.66. The highest BCUT2D eigenvalue weighted by Gasteiger charge is 2.11. The molecule has 0 spiro atoms. The molecule has 0 aromatic carbocycles. The van der Waals surface area contributed by atoms with Crippen molar-refractivity contribution < 1.29 is 5.11 Å². The van der Waals surface area contributed by atoms with Crippen LogP contribution < -0.4 is 0 Å². The standard InChI is InChI=1S/C4H7N7O/c1-11-8-4(7-10-11)3(12)2-6-9-5/h3,12H,2H2,1H3/t3-/m0/s1. The number of azide groups is 1. The summed E-state index contributed by atoms with van der Waals surface area (Å²) < 4.78 is 0. The van der Waals surface area contributed by atoms with Crippen LogP contribution in [0.15, 0.2) is 5.11 Å². The normalized spacial score (nSPS) is 12.2. The number of hydrogen-bond donors (Lipinski definition) is 1. The van der Waals surface area contributed by atoms with Gasteiger partial charge in [-0.05, 0) is 10.7 Å². The molecule has 0 amide bonds. The molecular formula is C4H7N7O. The van der Waals surface area contributed by atoms with E-state index in [-0.39, 0.29) is 12.4 Å². The second-order valence-electron chi connectivity index (χ2n) is 2.07. The van der Waals surface area contributed by atoms with Crippen molar-refractivity contribution in [1.29, 1.82) is 0 Å². The van der Waals surface area contributed by atoms with Crippen molar-refractivity contribution in [3.8, 4) is 0 Å². The predicted octanol–water partition coefficient (Wildman–Crippen LogP) is -0.446. The lowest BCUT2D eigenvalue weighted by molar-refractivity contribution is 0.176. The van der Waals surface area contributed by atoms with Crippen LogP contribution in [0.2, 0.25) is 0 Å². The van der Waals surface area contributed by atoms with Crippen LogP contribution in [0.1, 0.15) is 11.9 Å². The van der Waals surface area contributed by atoms with Gasteiger partial charge >= 0.3 is 0 Å². The van der Waals surface area contributed by atoms with Gasteiger partial charge in [0.25, 0.3) is 0 Å². The van der Waals surface area contributed by atoms with Crippen LogP contribution in [0.4, 0.5) is 0 Å². The van der Waals surface area contributed by atoms with Crippen molar-refractivity contribution in [1.82, 2.24) is 20.2 Å². The second-order valence-corrected chi connectivity index (χ2v) is 2.07. The van der Waals surface area contributed by atoms with Gasteiger partial charge in [-0.15, -0.1) is 10.2 Å². The van der Waals surface area contributed by atoms with Crippen molar-refractivity contribution in [3.05, 3.63) is 16.3 Å². The molecule has 1 aromatic rings. The minimum Gasteiger partial charge on any atom is -0.385 e. The van der Waals surface area contributed by atoms with E-state index in [0.717, 1.165) is 0 Å². The van der Waals surface area contributed by atoms with Crippen molar-refractivity contribution in [2.75, 3.05) is 6.54 Å². The smallest absolute Gasteiger partial charge is 0.203 e.